The molecule has 0 atom stereocenters. The largest absolute Gasteiger partial charge is 0.509 e. The molecule has 0 aliphatic carbocycles. The fraction of sp³-hybridized carbons (Fsp3) is 0.0943. The maximum absolute atomic E-state index is 9.49. The molecule has 5 nitrogen and oxygen atoms in total. The van der Waals surface area contributed by atoms with Crippen LogP contribution in [-0.4, -0.2) is 9.55 Å². The van der Waals surface area contributed by atoms with Gasteiger partial charge >= 0.3 is 0 Å². The summed E-state index contributed by atoms with van der Waals surface area (Å²) in [5.41, 5.74) is 7.65. The van der Waals surface area contributed by atoms with Crippen LogP contribution in [-0.2, 0) is 26.5 Å². The summed E-state index contributed by atoms with van der Waals surface area (Å²) in [5, 5.41) is 2.12. The Morgan fingerprint density at radius 3 is 2.00 bits per heavy atom. The topological polar surface area (TPSA) is 33.5 Å². The number of hydrogen-bond acceptors (Lipinski definition) is 4. The van der Waals surface area contributed by atoms with E-state index in [1.165, 1.54) is 5.56 Å². The van der Waals surface area contributed by atoms with Crippen LogP contribution in [0.2, 0.25) is 0 Å². The first-order valence-electron chi connectivity index (χ1n) is 21.8. The van der Waals surface area contributed by atoms with Crippen molar-refractivity contribution >= 4 is 44.6 Å². The second-order valence-corrected chi connectivity index (χ2v) is 15.4. The minimum atomic E-state index is -2.71. The van der Waals surface area contributed by atoms with Gasteiger partial charge in [-0.1, -0.05) is 117 Å². The molecule has 0 spiro atoms. The predicted molar refractivity (Wildman–Crippen MR) is 239 cm³/mol. The molecule has 59 heavy (non-hydrogen) atoms. The number of pyridine rings is 1. The van der Waals surface area contributed by atoms with Gasteiger partial charge in [0.05, 0.1) is 2.74 Å². The number of nitrogens with zero attached hydrogens (tertiary/aromatic N) is 4. The van der Waals surface area contributed by atoms with Crippen LogP contribution in [0.4, 0.5) is 22.7 Å². The number of hydrogen-bond donors (Lipinski definition) is 0. The molecule has 0 saturated heterocycles. The number of benzene rings is 7. The van der Waals surface area contributed by atoms with Crippen molar-refractivity contribution < 1.29 is 32.7 Å². The molecule has 6 heteroatoms. The van der Waals surface area contributed by atoms with Crippen LogP contribution in [0.5, 0.6) is 11.5 Å². The summed E-state index contributed by atoms with van der Waals surface area (Å²) in [7, 11) is 0. The Morgan fingerprint density at radius 2 is 1.31 bits per heavy atom. The standard InChI is InChI=1S/C53H41N4O.Pt/c1-36-30-45(37-16-7-5-8-17-37)52(46(31-36)38-18-9-6-10-19-38)56-35-55(48-24-13-14-25-49(48)56)40-20-15-21-41(33-40)58-42-26-27-44-43-22-11-12-23-47(43)57(50(44)34-42)51-32-39(28-29-54-51)53(2,3)4;/h5-32,35H,1-4H3;/q-3;/i1D3,30D,31D;. The number of fused-ring (bicyclic) bond motifs is 4. The average Bonchev–Trinajstić information content (AvgIpc) is 3.82. The van der Waals surface area contributed by atoms with Gasteiger partial charge in [0.25, 0.3) is 0 Å². The molecule has 0 unspecified atom stereocenters. The Labute approximate surface area is 367 Å². The Kier molecular flexibility index (Phi) is 8.49. The summed E-state index contributed by atoms with van der Waals surface area (Å²) in [6.07, 6.45) is 1.86. The predicted octanol–water partition coefficient (Wildman–Crippen LogP) is 13.9. The SMILES string of the molecule is [2H]c1c(-c2ccccc2)c(N2[CH-]N(c3[c-]c(Oc4[c-]c5c(cc4)c4ccccc4n5-c4cc(C(C)(C)C)ccn4)ccc3)c3ccccc32)c(-c2ccccc2)c([2H])c1C([2H])([2H])[2H].[Pt]. The Morgan fingerprint density at radius 1 is 0.661 bits per heavy atom. The first-order chi connectivity index (χ1) is 30.4. The van der Waals surface area contributed by atoms with Gasteiger partial charge in [0.15, 0.2) is 0 Å². The first-order valence-corrected chi connectivity index (χ1v) is 19.3. The van der Waals surface area contributed by atoms with Gasteiger partial charge in [-0.05, 0) is 82.3 Å². The minimum Gasteiger partial charge on any atom is -0.509 e. The molecule has 0 radical (unpaired) electrons. The summed E-state index contributed by atoms with van der Waals surface area (Å²) in [4.78, 5) is 8.78. The third-order valence-electron chi connectivity index (χ3n) is 10.6. The van der Waals surface area contributed by atoms with Crippen molar-refractivity contribution in [2.75, 3.05) is 9.80 Å². The van der Waals surface area contributed by atoms with Crippen LogP contribution in [0.3, 0.4) is 0 Å². The zero-order valence-electron chi connectivity index (χ0n) is 37.6. The van der Waals surface area contributed by atoms with Crippen molar-refractivity contribution in [2.45, 2.75) is 33.0 Å². The fourth-order valence-corrected chi connectivity index (χ4v) is 7.81. The Hall–Kier alpha value is -6.42. The molecule has 0 fully saturated rings. The second kappa shape index (κ2) is 15.4. The van der Waals surface area contributed by atoms with Gasteiger partial charge < -0.3 is 19.1 Å². The molecule has 0 amide bonds. The summed E-state index contributed by atoms with van der Waals surface area (Å²) in [6, 6.07) is 55.5. The van der Waals surface area contributed by atoms with Crippen molar-refractivity contribution in [3.05, 3.63) is 200 Å². The van der Waals surface area contributed by atoms with E-state index in [9.17, 15) is 2.74 Å². The molecule has 292 valence electrons. The molecule has 10 rings (SSSR count). The molecule has 1 aliphatic rings. The van der Waals surface area contributed by atoms with Gasteiger partial charge in [-0.25, -0.2) is 4.98 Å². The van der Waals surface area contributed by atoms with Crippen LogP contribution >= 0.6 is 0 Å². The minimum absolute atomic E-state index is 0. The van der Waals surface area contributed by atoms with E-state index in [2.05, 4.69) is 67.8 Å². The van der Waals surface area contributed by atoms with E-state index >= 15 is 0 Å². The average molecular weight is 950 g/mol. The van der Waals surface area contributed by atoms with E-state index in [4.69, 9.17) is 13.8 Å². The molecule has 9 aromatic rings. The number of rotatable bonds is 7. The summed E-state index contributed by atoms with van der Waals surface area (Å²) in [5.74, 6) is 1.79. The smallest absolute Gasteiger partial charge is 0.135 e. The van der Waals surface area contributed by atoms with Gasteiger partial charge in [-0.3, -0.25) is 0 Å². The third-order valence-corrected chi connectivity index (χ3v) is 10.6. The van der Waals surface area contributed by atoms with E-state index in [1.807, 2.05) is 144 Å². The molecule has 2 aromatic heterocycles. The zero-order chi connectivity index (χ0) is 43.6. The van der Waals surface area contributed by atoms with E-state index in [0.29, 0.717) is 45.1 Å². The fourth-order valence-electron chi connectivity index (χ4n) is 7.81. The van der Waals surface area contributed by atoms with Crippen LogP contribution < -0.4 is 14.5 Å². The molecule has 0 saturated carbocycles. The van der Waals surface area contributed by atoms with Crippen LogP contribution in [0.25, 0.3) is 49.9 Å². The molecule has 1 aliphatic heterocycles. The summed E-state index contributed by atoms with van der Waals surface area (Å²) < 4.78 is 53.2. The Balaban J connectivity index is 0.00000518. The number of aromatic nitrogens is 2. The first kappa shape index (κ1) is 32.5. The zero-order valence-corrected chi connectivity index (χ0v) is 34.9. The van der Waals surface area contributed by atoms with Crippen LogP contribution in [0.15, 0.2) is 170 Å². The Bertz CT molecular complexity index is 3130. The molecule has 0 N–H and O–H groups in total. The van der Waals surface area contributed by atoms with Crippen molar-refractivity contribution in [1.29, 1.82) is 0 Å². The van der Waals surface area contributed by atoms with Crippen LogP contribution in [0, 0.1) is 25.7 Å². The monoisotopic (exact) mass is 949 g/mol. The molecular formula is C53H41N4OPt-3. The number of anilines is 4. The van der Waals surface area contributed by atoms with E-state index in [-0.39, 0.29) is 44.1 Å². The van der Waals surface area contributed by atoms with Gasteiger partial charge in [0.1, 0.15) is 5.82 Å². The van der Waals surface area contributed by atoms with Crippen molar-refractivity contribution in [1.82, 2.24) is 9.55 Å². The molecule has 3 heterocycles. The van der Waals surface area contributed by atoms with Crippen molar-refractivity contribution in [3.63, 3.8) is 0 Å². The van der Waals surface area contributed by atoms with Crippen molar-refractivity contribution in [2.24, 2.45) is 0 Å². The third kappa shape index (κ3) is 7.00. The van der Waals surface area contributed by atoms with Gasteiger partial charge in [-0.2, -0.15) is 12.1 Å². The molecule has 0 bridgehead atoms. The second-order valence-electron chi connectivity index (χ2n) is 15.4. The maximum Gasteiger partial charge on any atom is 0.135 e. The quantitative estimate of drug-likeness (QED) is 0.149. The van der Waals surface area contributed by atoms with Crippen LogP contribution in [0.1, 0.15) is 38.8 Å². The van der Waals surface area contributed by atoms with Gasteiger partial charge in [0, 0.05) is 76.6 Å². The van der Waals surface area contributed by atoms with E-state index < -0.39 is 6.85 Å². The summed E-state index contributed by atoms with van der Waals surface area (Å²) >= 11 is 0. The normalized spacial score (nSPS) is 13.9. The van der Waals surface area contributed by atoms with Crippen molar-refractivity contribution in [3.8, 4) is 39.6 Å². The van der Waals surface area contributed by atoms with Gasteiger partial charge in [0.2, 0.25) is 0 Å². The molecule has 7 aromatic carbocycles. The van der Waals surface area contributed by atoms with Gasteiger partial charge in [-0.15, -0.1) is 48.1 Å². The van der Waals surface area contributed by atoms with E-state index in [1.54, 1.807) is 0 Å². The van der Waals surface area contributed by atoms with E-state index in [0.717, 1.165) is 39.0 Å². The molecular weight excluding hydrogens is 904 g/mol. The summed E-state index contributed by atoms with van der Waals surface area (Å²) in [6.45, 7) is 5.79. The number of para-hydroxylation sites is 3. The number of ether oxygens (including phenoxy) is 1. The maximum atomic E-state index is 9.49.